The molecular formula is C34H30F2O4. The van der Waals surface area contributed by atoms with Gasteiger partial charge < -0.3 is 9.47 Å². The predicted molar refractivity (Wildman–Crippen MR) is 150 cm³/mol. The summed E-state index contributed by atoms with van der Waals surface area (Å²) in [6.07, 6.45) is 3.63. The van der Waals surface area contributed by atoms with E-state index in [4.69, 9.17) is 9.47 Å². The van der Waals surface area contributed by atoms with Crippen LogP contribution in [0.2, 0.25) is 0 Å². The molecule has 1 fully saturated rings. The van der Waals surface area contributed by atoms with Crippen LogP contribution in [0.4, 0.5) is 8.78 Å². The van der Waals surface area contributed by atoms with Gasteiger partial charge in [-0.25, -0.2) is 18.4 Å². The van der Waals surface area contributed by atoms with Crippen molar-refractivity contribution in [1.82, 2.24) is 0 Å². The van der Waals surface area contributed by atoms with Gasteiger partial charge in [-0.15, -0.1) is 0 Å². The molecule has 40 heavy (non-hydrogen) atoms. The lowest BCUT2D eigenvalue weighted by atomic mass is 9.83. The maximum absolute atomic E-state index is 13.1. The van der Waals surface area contributed by atoms with Crippen LogP contribution in [0.1, 0.15) is 46.4 Å². The standard InChI is InChI=1S/C34H30F2O4/c35-31-17-13-27(14-18-31)25-5-9-29(10-6-25)33(37)39-21-23-1-2-24(4-3-23)22-40-34(38)30-11-7-26(8-12-30)28-15-19-32(36)20-16-28/h5-20,23-24H,1-4,21-22H2. The van der Waals surface area contributed by atoms with Crippen molar-refractivity contribution in [3.63, 3.8) is 0 Å². The van der Waals surface area contributed by atoms with Crippen LogP contribution >= 0.6 is 0 Å². The first-order valence-electron chi connectivity index (χ1n) is 13.5. The molecule has 0 aliphatic heterocycles. The Bertz CT molecular complexity index is 1310. The maximum atomic E-state index is 13.1. The molecule has 0 heterocycles. The minimum atomic E-state index is -0.354. The molecule has 6 heteroatoms. The SMILES string of the molecule is O=C(OCC1CCC(COC(=O)c2ccc(-c3ccc(F)cc3)cc2)CC1)c1ccc(-c2ccc(F)cc2)cc1. The van der Waals surface area contributed by atoms with E-state index in [0.29, 0.717) is 24.3 Å². The van der Waals surface area contributed by atoms with Gasteiger partial charge in [-0.05, 0) is 108 Å². The fourth-order valence-electron chi connectivity index (χ4n) is 5.00. The maximum Gasteiger partial charge on any atom is 0.338 e. The van der Waals surface area contributed by atoms with E-state index in [1.54, 1.807) is 48.5 Å². The number of ether oxygens (including phenoxy) is 2. The van der Waals surface area contributed by atoms with Crippen LogP contribution in [-0.4, -0.2) is 25.2 Å². The third-order valence-electron chi connectivity index (χ3n) is 7.46. The highest BCUT2D eigenvalue weighted by atomic mass is 19.1. The Morgan fingerprint density at radius 1 is 0.500 bits per heavy atom. The van der Waals surface area contributed by atoms with Gasteiger partial charge in [-0.1, -0.05) is 48.5 Å². The van der Waals surface area contributed by atoms with Crippen molar-refractivity contribution in [2.75, 3.05) is 13.2 Å². The summed E-state index contributed by atoms with van der Waals surface area (Å²) in [5.41, 5.74) is 4.52. The van der Waals surface area contributed by atoms with Gasteiger partial charge in [0.25, 0.3) is 0 Å². The number of carbonyl (C=O) groups is 2. The number of esters is 2. The fourth-order valence-corrected chi connectivity index (χ4v) is 5.00. The zero-order valence-corrected chi connectivity index (χ0v) is 22.0. The summed E-state index contributed by atoms with van der Waals surface area (Å²) in [6, 6.07) is 26.7. The summed E-state index contributed by atoms with van der Waals surface area (Å²) in [5, 5.41) is 0. The van der Waals surface area contributed by atoms with Crippen LogP contribution in [0.25, 0.3) is 22.3 Å². The van der Waals surface area contributed by atoms with E-state index in [9.17, 15) is 18.4 Å². The predicted octanol–water partition coefficient (Wildman–Crippen LogP) is 8.12. The fraction of sp³-hybridized carbons (Fsp3) is 0.235. The quantitative estimate of drug-likeness (QED) is 0.212. The zero-order valence-electron chi connectivity index (χ0n) is 22.0. The van der Waals surface area contributed by atoms with Gasteiger partial charge in [-0.3, -0.25) is 0 Å². The Hall–Kier alpha value is -4.32. The molecule has 1 aliphatic carbocycles. The first kappa shape index (κ1) is 27.3. The molecule has 0 amide bonds. The van der Waals surface area contributed by atoms with Gasteiger partial charge in [0.05, 0.1) is 24.3 Å². The Balaban J connectivity index is 1.02. The summed E-state index contributed by atoms with van der Waals surface area (Å²) in [5.74, 6) is -0.712. The normalized spacial score (nSPS) is 16.8. The first-order valence-corrected chi connectivity index (χ1v) is 13.5. The third-order valence-corrected chi connectivity index (χ3v) is 7.46. The van der Waals surface area contributed by atoms with Gasteiger partial charge in [0, 0.05) is 0 Å². The van der Waals surface area contributed by atoms with Crippen LogP contribution in [-0.2, 0) is 9.47 Å². The van der Waals surface area contributed by atoms with E-state index in [1.807, 2.05) is 24.3 Å². The molecular weight excluding hydrogens is 510 g/mol. The highest BCUT2D eigenvalue weighted by Gasteiger charge is 2.24. The van der Waals surface area contributed by atoms with Crippen molar-refractivity contribution < 1.29 is 27.8 Å². The average molecular weight is 541 g/mol. The van der Waals surface area contributed by atoms with E-state index in [1.165, 1.54) is 24.3 Å². The molecule has 1 aliphatic rings. The number of hydrogen-bond acceptors (Lipinski definition) is 4. The second-order valence-electron chi connectivity index (χ2n) is 10.3. The lowest BCUT2D eigenvalue weighted by molar-refractivity contribution is 0.0297. The summed E-state index contributed by atoms with van der Waals surface area (Å²) in [6.45, 7) is 0.733. The smallest absolute Gasteiger partial charge is 0.338 e. The van der Waals surface area contributed by atoms with Gasteiger partial charge in [0.15, 0.2) is 0 Å². The first-order chi connectivity index (χ1) is 19.4. The molecule has 0 unspecified atom stereocenters. The second kappa shape index (κ2) is 12.7. The van der Waals surface area contributed by atoms with Gasteiger partial charge in [0.2, 0.25) is 0 Å². The molecule has 0 radical (unpaired) electrons. The number of halogens is 2. The number of carbonyl (C=O) groups excluding carboxylic acids is 2. The van der Waals surface area contributed by atoms with E-state index in [2.05, 4.69) is 0 Å². The largest absolute Gasteiger partial charge is 0.462 e. The monoisotopic (exact) mass is 540 g/mol. The Morgan fingerprint density at radius 3 is 1.07 bits per heavy atom. The van der Waals surface area contributed by atoms with Crippen LogP contribution in [0.5, 0.6) is 0 Å². The molecule has 0 bridgehead atoms. The van der Waals surface area contributed by atoms with Crippen LogP contribution in [0.3, 0.4) is 0 Å². The molecule has 4 aromatic carbocycles. The van der Waals surface area contributed by atoms with Crippen molar-refractivity contribution in [1.29, 1.82) is 0 Å². The number of benzene rings is 4. The van der Waals surface area contributed by atoms with Crippen LogP contribution in [0.15, 0.2) is 97.1 Å². The molecule has 1 saturated carbocycles. The van der Waals surface area contributed by atoms with Gasteiger partial charge in [0.1, 0.15) is 11.6 Å². The summed E-state index contributed by atoms with van der Waals surface area (Å²) in [7, 11) is 0. The van der Waals surface area contributed by atoms with E-state index in [0.717, 1.165) is 47.9 Å². The topological polar surface area (TPSA) is 52.6 Å². The van der Waals surface area contributed by atoms with Crippen molar-refractivity contribution in [2.24, 2.45) is 11.8 Å². The summed E-state index contributed by atoms with van der Waals surface area (Å²) < 4.78 is 37.4. The molecule has 204 valence electrons. The van der Waals surface area contributed by atoms with Gasteiger partial charge >= 0.3 is 11.9 Å². The molecule has 0 spiro atoms. The molecule has 0 N–H and O–H groups in total. The molecule has 4 aromatic rings. The average Bonchev–Trinajstić information content (AvgIpc) is 3.00. The van der Waals surface area contributed by atoms with Crippen molar-refractivity contribution in [2.45, 2.75) is 25.7 Å². The Morgan fingerprint density at radius 2 is 0.775 bits per heavy atom. The summed E-state index contributed by atoms with van der Waals surface area (Å²) >= 11 is 0. The third kappa shape index (κ3) is 7.00. The van der Waals surface area contributed by atoms with E-state index >= 15 is 0 Å². The molecule has 5 rings (SSSR count). The van der Waals surface area contributed by atoms with Crippen molar-refractivity contribution in [3.8, 4) is 22.3 Å². The van der Waals surface area contributed by atoms with E-state index in [-0.39, 0.29) is 35.4 Å². The summed E-state index contributed by atoms with van der Waals surface area (Å²) in [4.78, 5) is 25.1. The van der Waals surface area contributed by atoms with Crippen molar-refractivity contribution in [3.05, 3.63) is 120 Å². The Kier molecular flexibility index (Phi) is 8.65. The number of hydrogen-bond donors (Lipinski definition) is 0. The lowest BCUT2D eigenvalue weighted by Gasteiger charge is -2.27. The highest BCUT2D eigenvalue weighted by molar-refractivity contribution is 5.90. The van der Waals surface area contributed by atoms with Crippen LogP contribution < -0.4 is 0 Å². The molecule has 4 nitrogen and oxygen atoms in total. The highest BCUT2D eigenvalue weighted by Crippen LogP contribution is 2.30. The Labute approximate surface area is 232 Å². The second-order valence-corrected chi connectivity index (χ2v) is 10.3. The van der Waals surface area contributed by atoms with Crippen LogP contribution in [0, 0.1) is 23.5 Å². The van der Waals surface area contributed by atoms with Crippen molar-refractivity contribution >= 4 is 11.9 Å². The lowest BCUT2D eigenvalue weighted by Crippen LogP contribution is -2.24. The molecule has 0 atom stereocenters. The zero-order chi connectivity index (χ0) is 27.9. The van der Waals surface area contributed by atoms with Gasteiger partial charge in [-0.2, -0.15) is 0 Å². The number of rotatable bonds is 8. The minimum Gasteiger partial charge on any atom is -0.462 e. The molecule has 0 saturated heterocycles. The molecule has 0 aromatic heterocycles. The minimum absolute atomic E-state index is 0.286. The van der Waals surface area contributed by atoms with E-state index < -0.39 is 0 Å².